The van der Waals surface area contributed by atoms with Crippen molar-refractivity contribution in [2.45, 2.75) is 431 Å². The van der Waals surface area contributed by atoms with Gasteiger partial charge in [0.2, 0.25) is 0 Å². The number of rotatable bonds is 69. The molecule has 0 aromatic rings. The van der Waals surface area contributed by atoms with Gasteiger partial charge in [-0.15, -0.1) is 0 Å². The molecule has 0 aliphatic carbocycles. The molecular weight excluding hydrogens is 985 g/mol. The van der Waals surface area contributed by atoms with E-state index in [0.29, 0.717) is 19.3 Å². The normalized spacial score (nSPS) is 12.0. The molecule has 0 aromatic heterocycles. The number of esters is 3. The summed E-state index contributed by atoms with van der Waals surface area (Å²) in [5, 5.41) is 0. The molecule has 0 aromatic carbocycles. The Morgan fingerprint density at radius 2 is 0.412 bits per heavy atom. The van der Waals surface area contributed by atoms with Gasteiger partial charge in [0.05, 0.1) is 0 Å². The predicted molar refractivity (Wildman–Crippen MR) is 349 cm³/mol. The molecule has 0 fully saturated rings. The Labute approximate surface area is 501 Å². The molecule has 0 spiro atoms. The van der Waals surface area contributed by atoms with Crippen LogP contribution >= 0.6 is 0 Å². The molecule has 0 saturated carbocycles. The van der Waals surface area contributed by atoms with Gasteiger partial charge in [0.25, 0.3) is 0 Å². The lowest BCUT2D eigenvalue weighted by molar-refractivity contribution is -0.167. The van der Waals surface area contributed by atoms with Crippen molar-refractivity contribution in [2.75, 3.05) is 13.2 Å². The Bertz CT molecular complexity index is 1250. The molecule has 0 amide bonds. The van der Waals surface area contributed by atoms with Crippen LogP contribution in [-0.4, -0.2) is 37.2 Å². The van der Waals surface area contributed by atoms with Crippen LogP contribution in [0.25, 0.3) is 0 Å². The van der Waals surface area contributed by atoms with Gasteiger partial charge < -0.3 is 14.2 Å². The lowest BCUT2D eigenvalue weighted by atomic mass is 10.0. The van der Waals surface area contributed by atoms with E-state index in [1.165, 1.54) is 327 Å². The third kappa shape index (κ3) is 66.9. The molecule has 474 valence electrons. The summed E-state index contributed by atoms with van der Waals surface area (Å²) in [6, 6.07) is 0. The molecule has 0 aliphatic heterocycles. The summed E-state index contributed by atoms with van der Waals surface area (Å²) in [6.45, 7) is 6.72. The van der Waals surface area contributed by atoms with Gasteiger partial charge in [0, 0.05) is 19.3 Å². The van der Waals surface area contributed by atoms with Crippen LogP contribution in [0.15, 0.2) is 12.2 Å². The van der Waals surface area contributed by atoms with Gasteiger partial charge in [-0.25, -0.2) is 0 Å². The van der Waals surface area contributed by atoms with Gasteiger partial charge in [0.1, 0.15) is 13.2 Å². The van der Waals surface area contributed by atoms with Crippen molar-refractivity contribution in [1.82, 2.24) is 0 Å². The van der Waals surface area contributed by atoms with Crippen molar-refractivity contribution in [3.63, 3.8) is 0 Å². The van der Waals surface area contributed by atoms with Gasteiger partial charge in [-0.05, 0) is 44.9 Å². The summed E-state index contributed by atoms with van der Waals surface area (Å²) < 4.78 is 17.0. The van der Waals surface area contributed by atoms with Crippen molar-refractivity contribution in [1.29, 1.82) is 0 Å². The number of unbranched alkanes of at least 4 members (excludes halogenated alkanes) is 56. The van der Waals surface area contributed by atoms with Crippen molar-refractivity contribution >= 4 is 17.9 Å². The first-order chi connectivity index (χ1) is 39.5. The highest BCUT2D eigenvalue weighted by molar-refractivity contribution is 5.71. The van der Waals surface area contributed by atoms with E-state index in [1.807, 2.05) is 0 Å². The minimum Gasteiger partial charge on any atom is -0.462 e. The number of carbonyl (C=O) groups is 3. The fourth-order valence-electron chi connectivity index (χ4n) is 11.5. The molecule has 0 aliphatic rings. The van der Waals surface area contributed by atoms with Crippen LogP contribution in [-0.2, 0) is 28.6 Å². The van der Waals surface area contributed by atoms with Crippen LogP contribution < -0.4 is 0 Å². The molecule has 1 atom stereocenters. The summed E-state index contributed by atoms with van der Waals surface area (Å²) in [7, 11) is 0. The number of hydrogen-bond acceptors (Lipinski definition) is 6. The maximum absolute atomic E-state index is 12.9. The second kappa shape index (κ2) is 69.6. The quantitative estimate of drug-likeness (QED) is 0.0261. The van der Waals surface area contributed by atoms with Crippen molar-refractivity contribution in [2.24, 2.45) is 0 Å². The van der Waals surface area contributed by atoms with Crippen molar-refractivity contribution in [3.05, 3.63) is 12.2 Å². The first-order valence-corrected chi connectivity index (χ1v) is 36.7. The Morgan fingerprint density at radius 3 is 0.625 bits per heavy atom. The van der Waals surface area contributed by atoms with Gasteiger partial charge in [0.15, 0.2) is 6.10 Å². The highest BCUT2D eigenvalue weighted by Crippen LogP contribution is 2.19. The van der Waals surface area contributed by atoms with Crippen LogP contribution in [0.2, 0.25) is 0 Å². The van der Waals surface area contributed by atoms with Crippen LogP contribution in [0.5, 0.6) is 0 Å². The van der Waals surface area contributed by atoms with E-state index in [1.54, 1.807) is 0 Å². The molecule has 1 unspecified atom stereocenters. The van der Waals surface area contributed by atoms with E-state index in [9.17, 15) is 14.4 Å². The van der Waals surface area contributed by atoms with Crippen LogP contribution in [0, 0.1) is 0 Å². The summed E-state index contributed by atoms with van der Waals surface area (Å²) in [5.74, 6) is -0.827. The van der Waals surface area contributed by atoms with Gasteiger partial charge in [-0.3, -0.25) is 14.4 Å². The maximum atomic E-state index is 12.9. The average molecular weight is 1130 g/mol. The summed E-state index contributed by atoms with van der Waals surface area (Å²) in [6.07, 6.45) is 84.1. The van der Waals surface area contributed by atoms with E-state index in [2.05, 4.69) is 32.9 Å². The Balaban J connectivity index is 4.00. The maximum Gasteiger partial charge on any atom is 0.306 e. The fourth-order valence-corrected chi connectivity index (χ4v) is 11.5. The second-order valence-corrected chi connectivity index (χ2v) is 25.2. The zero-order valence-corrected chi connectivity index (χ0v) is 54.6. The molecule has 0 rings (SSSR count). The molecule has 0 saturated heterocycles. The van der Waals surface area contributed by atoms with Crippen molar-refractivity contribution in [3.8, 4) is 0 Å². The number of hydrogen-bond donors (Lipinski definition) is 0. The molecule has 0 bridgehead atoms. The highest BCUT2D eigenvalue weighted by Gasteiger charge is 2.20. The predicted octanol–water partition coefficient (Wildman–Crippen LogP) is 25.2. The zero-order valence-electron chi connectivity index (χ0n) is 54.6. The largest absolute Gasteiger partial charge is 0.462 e. The molecule has 0 heterocycles. The summed E-state index contributed by atoms with van der Waals surface area (Å²) >= 11 is 0. The van der Waals surface area contributed by atoms with Crippen LogP contribution in [0.1, 0.15) is 425 Å². The van der Waals surface area contributed by atoms with E-state index >= 15 is 0 Å². The Morgan fingerprint density at radius 1 is 0.237 bits per heavy atom. The van der Waals surface area contributed by atoms with E-state index < -0.39 is 6.10 Å². The minimum atomic E-state index is -0.763. The third-order valence-corrected chi connectivity index (χ3v) is 17.0. The molecule has 6 nitrogen and oxygen atoms in total. The highest BCUT2D eigenvalue weighted by atomic mass is 16.6. The first kappa shape index (κ1) is 78.1. The van der Waals surface area contributed by atoms with Gasteiger partial charge in [-0.2, -0.15) is 0 Å². The first-order valence-electron chi connectivity index (χ1n) is 36.7. The monoisotopic (exact) mass is 1130 g/mol. The van der Waals surface area contributed by atoms with Gasteiger partial charge >= 0.3 is 17.9 Å². The molecule has 0 radical (unpaired) electrons. The molecule has 0 N–H and O–H groups in total. The Hall–Kier alpha value is -1.85. The fraction of sp³-hybridized carbons (Fsp3) is 0.932. The SMILES string of the molecule is CCCCCCCCCC/C=C\CCCCCCCCCCCCCCCCCCCCCCCCCC(=O)OCC(COC(=O)CCCCCCCCCCCCCCC)OC(=O)CCCCCCCCCCCCCCCC. The number of ether oxygens (including phenoxy) is 3. The summed E-state index contributed by atoms with van der Waals surface area (Å²) in [5.41, 5.74) is 0. The smallest absolute Gasteiger partial charge is 0.306 e. The van der Waals surface area contributed by atoms with E-state index in [-0.39, 0.29) is 31.1 Å². The summed E-state index contributed by atoms with van der Waals surface area (Å²) in [4.78, 5) is 38.3. The third-order valence-electron chi connectivity index (χ3n) is 17.0. The molecule has 80 heavy (non-hydrogen) atoms. The minimum absolute atomic E-state index is 0.0616. The molecule has 6 heteroatoms. The second-order valence-electron chi connectivity index (χ2n) is 25.2. The lowest BCUT2D eigenvalue weighted by Crippen LogP contribution is -2.30. The number of carbonyl (C=O) groups excluding carboxylic acids is 3. The molecular formula is C74H142O6. The standard InChI is InChI=1S/C74H142O6/c1-4-7-10-13-16-19-22-25-27-28-29-30-31-32-33-34-35-36-37-38-39-40-41-42-43-44-45-46-47-50-52-55-58-61-64-67-73(76)79-70-71(69-78-72(75)66-63-60-57-54-51-48-24-21-18-15-12-9-6-3)80-74(77)68-65-62-59-56-53-49-26-23-20-17-14-11-8-5-2/h28-29,71H,4-27,30-70H2,1-3H3/b29-28-. The Kier molecular flexibility index (Phi) is 68.0. The average Bonchev–Trinajstić information content (AvgIpc) is 3.46. The lowest BCUT2D eigenvalue weighted by Gasteiger charge is -2.18. The topological polar surface area (TPSA) is 78.9 Å². The number of allylic oxidation sites excluding steroid dienone is 2. The van der Waals surface area contributed by atoms with Crippen molar-refractivity contribution < 1.29 is 28.6 Å². The van der Waals surface area contributed by atoms with Crippen LogP contribution in [0.3, 0.4) is 0 Å². The van der Waals surface area contributed by atoms with Gasteiger partial charge in [-0.1, -0.05) is 373 Å². The van der Waals surface area contributed by atoms with E-state index in [0.717, 1.165) is 57.8 Å². The van der Waals surface area contributed by atoms with Crippen LogP contribution in [0.4, 0.5) is 0 Å². The van der Waals surface area contributed by atoms with E-state index in [4.69, 9.17) is 14.2 Å². The zero-order chi connectivity index (χ0) is 57.8.